The molecular formula is C30H33F2N3O4S. The average molecular weight is 570 g/mol. The van der Waals surface area contributed by atoms with Crippen LogP contribution in [0.15, 0.2) is 72.8 Å². The van der Waals surface area contributed by atoms with E-state index in [1.807, 2.05) is 39.8 Å². The first kappa shape index (κ1) is 30.6. The highest BCUT2D eigenvalue weighted by Crippen LogP contribution is 2.26. The number of aryl methyl sites for hydroxylation is 1. The summed E-state index contributed by atoms with van der Waals surface area (Å²) in [7, 11) is -1.92. The van der Waals surface area contributed by atoms with Crippen molar-refractivity contribution in [3.05, 3.63) is 101 Å². The number of hydrogen-bond donors (Lipinski definition) is 2. The van der Waals surface area contributed by atoms with E-state index in [4.69, 9.17) is 0 Å². The quantitative estimate of drug-likeness (QED) is 0.372. The van der Waals surface area contributed by atoms with E-state index in [1.165, 1.54) is 53.4 Å². The summed E-state index contributed by atoms with van der Waals surface area (Å²) in [5.41, 5.74) is 1.79. The highest BCUT2D eigenvalue weighted by Gasteiger charge is 2.34. The average Bonchev–Trinajstić information content (AvgIpc) is 2.86. The van der Waals surface area contributed by atoms with Crippen molar-refractivity contribution < 1.29 is 27.4 Å². The normalized spacial score (nSPS) is 12.8. The molecule has 40 heavy (non-hydrogen) atoms. The minimum atomic E-state index is -1.92. The van der Waals surface area contributed by atoms with Crippen LogP contribution in [0.25, 0.3) is 0 Å². The number of rotatable bonds is 10. The lowest BCUT2D eigenvalue weighted by Gasteiger charge is -2.34. The van der Waals surface area contributed by atoms with Gasteiger partial charge in [0.05, 0.1) is 0 Å². The first-order valence-corrected chi connectivity index (χ1v) is 14.1. The van der Waals surface area contributed by atoms with Crippen molar-refractivity contribution in [2.24, 2.45) is 0 Å². The minimum absolute atomic E-state index is 0.0613. The molecule has 0 aliphatic rings. The third kappa shape index (κ3) is 9.37. The second-order valence-corrected chi connectivity index (χ2v) is 11.9. The Hall–Kier alpha value is -3.92. The number of carbonyl (C=O) groups is 3. The molecule has 3 rings (SSSR count). The number of nitrogens with zero attached hydrogens (tertiary/aromatic N) is 1. The molecule has 212 valence electrons. The van der Waals surface area contributed by atoms with E-state index in [1.54, 1.807) is 12.1 Å². The van der Waals surface area contributed by atoms with Gasteiger partial charge in [0.25, 0.3) is 0 Å². The van der Waals surface area contributed by atoms with Crippen LogP contribution in [0.4, 0.5) is 14.5 Å². The lowest BCUT2D eigenvalue weighted by molar-refractivity contribution is -0.140. The fourth-order valence-corrected chi connectivity index (χ4v) is 4.83. The Kier molecular flexibility index (Phi) is 10.3. The summed E-state index contributed by atoms with van der Waals surface area (Å²) in [6.45, 7) is 7.29. The lowest BCUT2D eigenvalue weighted by atomic mass is 10.00. The Labute approximate surface area is 235 Å². The molecular weight excluding hydrogens is 536 g/mol. The van der Waals surface area contributed by atoms with Crippen molar-refractivity contribution in [3.63, 3.8) is 0 Å². The molecule has 10 heteroatoms. The first-order valence-electron chi connectivity index (χ1n) is 12.6. The maximum Gasteiger partial charge on any atom is 0.247 e. The maximum atomic E-state index is 13.7. The van der Waals surface area contributed by atoms with Crippen molar-refractivity contribution >= 4 is 34.2 Å². The molecule has 0 aliphatic carbocycles. The highest BCUT2D eigenvalue weighted by atomic mass is 32.2. The van der Waals surface area contributed by atoms with Crippen LogP contribution < -0.4 is 10.6 Å². The standard InChI is InChI=1S/C30H33F2N3O4S/c1-20-5-9-22(10-6-20)28(29(38)34-30(2,3)4)35(17-21-7-11-23(31)12-8-21)27(37)19-40(39)18-26(36)33-25-15-13-24(32)14-16-25/h5-16,28H,17-19H2,1-4H3,(H,33,36)(H,34,38)/t28-,40+/m1/s1. The zero-order chi connectivity index (χ0) is 29.4. The number of hydrogen-bond acceptors (Lipinski definition) is 4. The van der Waals surface area contributed by atoms with Gasteiger partial charge < -0.3 is 15.5 Å². The molecule has 0 saturated carbocycles. The van der Waals surface area contributed by atoms with Gasteiger partial charge in [-0.05, 0) is 75.2 Å². The number of anilines is 1. The Morgan fingerprint density at radius 2 is 1.40 bits per heavy atom. The Morgan fingerprint density at radius 1 is 0.850 bits per heavy atom. The largest absolute Gasteiger partial charge is 0.349 e. The number of amides is 3. The zero-order valence-corrected chi connectivity index (χ0v) is 23.7. The van der Waals surface area contributed by atoms with Gasteiger partial charge in [-0.3, -0.25) is 18.6 Å². The molecule has 0 spiro atoms. The van der Waals surface area contributed by atoms with Gasteiger partial charge in [-0.1, -0.05) is 42.0 Å². The van der Waals surface area contributed by atoms with E-state index in [9.17, 15) is 27.4 Å². The molecule has 0 aliphatic heterocycles. The van der Waals surface area contributed by atoms with Gasteiger partial charge in [-0.25, -0.2) is 8.78 Å². The van der Waals surface area contributed by atoms with Crippen LogP contribution in [0.3, 0.4) is 0 Å². The van der Waals surface area contributed by atoms with Gasteiger partial charge in [0.1, 0.15) is 29.2 Å². The van der Waals surface area contributed by atoms with E-state index in [2.05, 4.69) is 10.6 Å². The van der Waals surface area contributed by atoms with Crippen LogP contribution in [0, 0.1) is 18.6 Å². The molecule has 0 bridgehead atoms. The number of halogens is 2. The van der Waals surface area contributed by atoms with Crippen molar-refractivity contribution in [2.45, 2.75) is 45.8 Å². The topological polar surface area (TPSA) is 95.6 Å². The molecule has 0 saturated heterocycles. The summed E-state index contributed by atoms with van der Waals surface area (Å²) < 4.78 is 39.6. The van der Waals surface area contributed by atoms with Crippen LogP contribution in [0.1, 0.15) is 43.5 Å². The summed E-state index contributed by atoms with van der Waals surface area (Å²) in [4.78, 5) is 41.0. The Morgan fingerprint density at radius 3 is 1.95 bits per heavy atom. The Bertz CT molecular complexity index is 1360. The molecule has 0 fully saturated rings. The van der Waals surface area contributed by atoms with Crippen molar-refractivity contribution in [2.75, 3.05) is 16.8 Å². The molecule has 0 aromatic heterocycles. The van der Waals surface area contributed by atoms with Crippen LogP contribution in [0.2, 0.25) is 0 Å². The predicted molar refractivity (Wildman–Crippen MR) is 152 cm³/mol. The summed E-state index contributed by atoms with van der Waals surface area (Å²) in [5, 5.41) is 5.44. The van der Waals surface area contributed by atoms with Gasteiger partial charge in [-0.15, -0.1) is 0 Å². The van der Waals surface area contributed by atoms with Crippen molar-refractivity contribution in [1.82, 2.24) is 10.2 Å². The van der Waals surface area contributed by atoms with Crippen LogP contribution >= 0.6 is 0 Å². The van der Waals surface area contributed by atoms with Gasteiger partial charge in [0, 0.05) is 28.6 Å². The van der Waals surface area contributed by atoms with Crippen molar-refractivity contribution in [3.8, 4) is 0 Å². The van der Waals surface area contributed by atoms with Gasteiger partial charge in [0.2, 0.25) is 17.7 Å². The molecule has 0 radical (unpaired) electrons. The number of benzene rings is 3. The predicted octanol–water partition coefficient (Wildman–Crippen LogP) is 4.65. The molecule has 3 aromatic rings. The first-order chi connectivity index (χ1) is 18.8. The van der Waals surface area contributed by atoms with Crippen LogP contribution in [0.5, 0.6) is 0 Å². The fraction of sp³-hybridized carbons (Fsp3) is 0.300. The third-order valence-corrected chi connectivity index (χ3v) is 6.90. The molecule has 3 aromatic carbocycles. The maximum absolute atomic E-state index is 13.7. The zero-order valence-electron chi connectivity index (χ0n) is 22.9. The summed E-state index contributed by atoms with van der Waals surface area (Å²) in [6.07, 6.45) is 0. The van der Waals surface area contributed by atoms with Crippen LogP contribution in [-0.2, 0) is 31.7 Å². The van der Waals surface area contributed by atoms with E-state index >= 15 is 0 Å². The van der Waals surface area contributed by atoms with Gasteiger partial charge >= 0.3 is 0 Å². The monoisotopic (exact) mass is 569 g/mol. The SMILES string of the molecule is Cc1ccc([C@H](C(=O)NC(C)(C)C)N(Cc2ccc(F)cc2)C(=O)C[S@@](=O)CC(=O)Nc2ccc(F)cc2)cc1. The van der Waals surface area contributed by atoms with Gasteiger partial charge in [0.15, 0.2) is 0 Å². The highest BCUT2D eigenvalue weighted by molar-refractivity contribution is 7.86. The van der Waals surface area contributed by atoms with E-state index in [0.29, 0.717) is 16.8 Å². The lowest BCUT2D eigenvalue weighted by Crippen LogP contribution is -2.50. The Balaban J connectivity index is 1.88. The third-order valence-electron chi connectivity index (χ3n) is 5.74. The smallest absolute Gasteiger partial charge is 0.247 e. The molecule has 0 heterocycles. The molecule has 3 amide bonds. The second-order valence-electron chi connectivity index (χ2n) is 10.5. The summed E-state index contributed by atoms with van der Waals surface area (Å²) in [6, 6.07) is 16.7. The van der Waals surface area contributed by atoms with Gasteiger partial charge in [-0.2, -0.15) is 0 Å². The number of carbonyl (C=O) groups excluding carboxylic acids is 3. The number of nitrogens with one attached hydrogen (secondary N) is 2. The second kappa shape index (κ2) is 13.4. The van der Waals surface area contributed by atoms with Crippen LogP contribution in [-0.4, -0.2) is 43.9 Å². The van der Waals surface area contributed by atoms with E-state index in [0.717, 1.165) is 5.56 Å². The van der Waals surface area contributed by atoms with E-state index in [-0.39, 0.29) is 6.54 Å². The molecule has 0 unspecified atom stereocenters. The van der Waals surface area contributed by atoms with E-state index < -0.39 is 63.2 Å². The minimum Gasteiger partial charge on any atom is -0.349 e. The molecule has 7 nitrogen and oxygen atoms in total. The molecule has 2 atom stereocenters. The summed E-state index contributed by atoms with van der Waals surface area (Å²) >= 11 is 0. The van der Waals surface area contributed by atoms with Crippen molar-refractivity contribution in [1.29, 1.82) is 0 Å². The molecule has 2 N–H and O–H groups in total. The summed E-state index contributed by atoms with van der Waals surface area (Å²) in [5.74, 6) is -3.58. The fourth-order valence-electron chi connectivity index (χ4n) is 3.92.